The van der Waals surface area contributed by atoms with Crippen LogP contribution in [0.4, 0.5) is 5.95 Å². The summed E-state index contributed by atoms with van der Waals surface area (Å²) in [4.78, 5) is 6.77. The Morgan fingerprint density at radius 2 is 2.14 bits per heavy atom. The maximum absolute atomic E-state index is 6.23. The smallest absolute Gasteiger partial charge is 0.245 e. The number of benzene rings is 1. The molecule has 1 saturated heterocycles. The van der Waals surface area contributed by atoms with Crippen LogP contribution < -0.4 is 10.6 Å². The minimum atomic E-state index is 0.624. The first kappa shape index (κ1) is 14.8. The van der Waals surface area contributed by atoms with Gasteiger partial charge in [-0.1, -0.05) is 27.5 Å². The standard InChI is InChI=1S/C14H17BrClN5/c15-10-1-2-12(16)11(7-10)13-18-14(20-19-13)21-5-3-9(8-17)4-6-21/h1-2,7,9H,3-6,8,17H2,(H,18,19,20). The van der Waals surface area contributed by atoms with E-state index >= 15 is 0 Å². The second-order valence-electron chi connectivity index (χ2n) is 5.27. The number of H-pyrrole nitrogens is 1. The Labute approximate surface area is 137 Å². The molecule has 0 unspecified atom stereocenters. The highest BCUT2D eigenvalue weighted by atomic mass is 79.9. The Morgan fingerprint density at radius 1 is 1.38 bits per heavy atom. The van der Waals surface area contributed by atoms with E-state index in [1.165, 1.54) is 0 Å². The van der Waals surface area contributed by atoms with Crippen LogP contribution in [0.25, 0.3) is 11.4 Å². The summed E-state index contributed by atoms with van der Waals surface area (Å²) in [6.07, 6.45) is 2.19. The third kappa shape index (κ3) is 3.22. The fraction of sp³-hybridized carbons (Fsp3) is 0.429. The molecule has 0 atom stereocenters. The summed E-state index contributed by atoms with van der Waals surface area (Å²) >= 11 is 9.68. The molecule has 1 aromatic carbocycles. The number of anilines is 1. The normalized spacial score (nSPS) is 16.4. The quantitative estimate of drug-likeness (QED) is 0.871. The van der Waals surface area contributed by atoms with Crippen LogP contribution in [-0.2, 0) is 0 Å². The van der Waals surface area contributed by atoms with E-state index in [0.29, 0.717) is 16.8 Å². The van der Waals surface area contributed by atoms with E-state index < -0.39 is 0 Å². The summed E-state index contributed by atoms with van der Waals surface area (Å²) in [5, 5.41) is 7.96. The molecule has 5 nitrogen and oxygen atoms in total. The van der Waals surface area contributed by atoms with Gasteiger partial charge < -0.3 is 10.6 Å². The third-order valence-electron chi connectivity index (χ3n) is 3.89. The lowest BCUT2D eigenvalue weighted by Crippen LogP contribution is -2.36. The van der Waals surface area contributed by atoms with Gasteiger partial charge in [0.1, 0.15) is 0 Å². The number of nitrogens with zero attached hydrogens (tertiary/aromatic N) is 3. The summed E-state index contributed by atoms with van der Waals surface area (Å²) < 4.78 is 0.962. The van der Waals surface area contributed by atoms with Crippen molar-refractivity contribution in [3.63, 3.8) is 0 Å². The van der Waals surface area contributed by atoms with Crippen molar-refractivity contribution in [2.24, 2.45) is 11.7 Å². The van der Waals surface area contributed by atoms with Gasteiger partial charge in [-0.3, -0.25) is 5.10 Å². The van der Waals surface area contributed by atoms with Crippen LogP contribution in [0.2, 0.25) is 5.02 Å². The zero-order valence-corrected chi connectivity index (χ0v) is 13.9. The van der Waals surface area contributed by atoms with E-state index in [9.17, 15) is 0 Å². The number of hydrogen-bond donors (Lipinski definition) is 2. The molecular formula is C14H17BrClN5. The van der Waals surface area contributed by atoms with Gasteiger partial charge in [-0.15, -0.1) is 5.10 Å². The molecule has 0 amide bonds. The molecule has 1 aliphatic heterocycles. The highest BCUT2D eigenvalue weighted by molar-refractivity contribution is 9.10. The Balaban J connectivity index is 1.79. The molecule has 2 aromatic rings. The lowest BCUT2D eigenvalue weighted by molar-refractivity contribution is 0.411. The van der Waals surface area contributed by atoms with Crippen molar-refractivity contribution in [1.29, 1.82) is 0 Å². The van der Waals surface area contributed by atoms with Crippen molar-refractivity contribution in [3.8, 4) is 11.4 Å². The van der Waals surface area contributed by atoms with Gasteiger partial charge in [0, 0.05) is 23.1 Å². The van der Waals surface area contributed by atoms with Crippen LogP contribution in [0.15, 0.2) is 22.7 Å². The van der Waals surface area contributed by atoms with Crippen molar-refractivity contribution >= 4 is 33.5 Å². The Hall–Kier alpha value is -1.11. The third-order valence-corrected chi connectivity index (χ3v) is 4.71. The molecule has 2 heterocycles. The monoisotopic (exact) mass is 369 g/mol. The minimum Gasteiger partial charge on any atom is -0.340 e. The molecular weight excluding hydrogens is 354 g/mol. The van der Waals surface area contributed by atoms with Crippen LogP contribution in [0.5, 0.6) is 0 Å². The van der Waals surface area contributed by atoms with E-state index in [2.05, 4.69) is 36.0 Å². The van der Waals surface area contributed by atoms with E-state index in [1.54, 1.807) is 0 Å². The molecule has 1 fully saturated rings. The first-order chi connectivity index (χ1) is 10.2. The molecule has 112 valence electrons. The maximum Gasteiger partial charge on any atom is 0.245 e. The van der Waals surface area contributed by atoms with Gasteiger partial charge in [0.15, 0.2) is 5.82 Å². The summed E-state index contributed by atoms with van der Waals surface area (Å²) in [6.45, 7) is 2.66. The lowest BCUT2D eigenvalue weighted by Gasteiger charge is -2.30. The van der Waals surface area contributed by atoms with Crippen LogP contribution in [0.3, 0.4) is 0 Å². The van der Waals surface area contributed by atoms with E-state index in [0.717, 1.165) is 48.5 Å². The molecule has 0 bridgehead atoms. The van der Waals surface area contributed by atoms with Crippen LogP contribution in [0, 0.1) is 5.92 Å². The highest BCUT2D eigenvalue weighted by Crippen LogP contribution is 2.29. The first-order valence-electron chi connectivity index (χ1n) is 7.00. The van der Waals surface area contributed by atoms with E-state index in [4.69, 9.17) is 17.3 Å². The van der Waals surface area contributed by atoms with Crippen molar-refractivity contribution in [2.45, 2.75) is 12.8 Å². The minimum absolute atomic E-state index is 0.624. The van der Waals surface area contributed by atoms with Gasteiger partial charge in [0.05, 0.1) is 5.02 Å². The predicted molar refractivity (Wildman–Crippen MR) is 88.5 cm³/mol. The predicted octanol–water partition coefficient (Wildman–Crippen LogP) is 3.06. The first-order valence-corrected chi connectivity index (χ1v) is 8.17. The molecule has 1 aromatic heterocycles. The Bertz CT molecular complexity index is 622. The summed E-state index contributed by atoms with van der Waals surface area (Å²) in [6, 6.07) is 5.68. The molecule has 0 radical (unpaired) electrons. The van der Waals surface area contributed by atoms with Gasteiger partial charge in [0.2, 0.25) is 5.95 Å². The van der Waals surface area contributed by atoms with Crippen LogP contribution in [0.1, 0.15) is 12.8 Å². The number of nitrogens with two attached hydrogens (primary N) is 1. The van der Waals surface area contributed by atoms with Gasteiger partial charge in [-0.05, 0) is 43.5 Å². The van der Waals surface area contributed by atoms with Gasteiger partial charge >= 0.3 is 0 Å². The zero-order chi connectivity index (χ0) is 14.8. The fourth-order valence-electron chi connectivity index (χ4n) is 2.56. The van der Waals surface area contributed by atoms with Gasteiger partial charge in [-0.25, -0.2) is 0 Å². The van der Waals surface area contributed by atoms with E-state index in [1.807, 2.05) is 18.2 Å². The van der Waals surface area contributed by atoms with Gasteiger partial charge in [-0.2, -0.15) is 4.98 Å². The Morgan fingerprint density at radius 3 is 2.86 bits per heavy atom. The number of hydrogen-bond acceptors (Lipinski definition) is 4. The number of halogens is 2. The number of piperidine rings is 1. The number of aromatic amines is 1. The maximum atomic E-state index is 6.23. The van der Waals surface area contributed by atoms with Crippen molar-refractivity contribution in [3.05, 3.63) is 27.7 Å². The summed E-state index contributed by atoms with van der Waals surface area (Å²) in [5.74, 6) is 2.05. The molecule has 3 rings (SSSR count). The molecule has 21 heavy (non-hydrogen) atoms. The summed E-state index contributed by atoms with van der Waals surface area (Å²) in [5.41, 5.74) is 6.57. The molecule has 0 spiro atoms. The molecule has 3 N–H and O–H groups in total. The fourth-order valence-corrected chi connectivity index (χ4v) is 3.13. The molecule has 0 saturated carbocycles. The lowest BCUT2D eigenvalue weighted by atomic mass is 9.97. The van der Waals surface area contributed by atoms with Crippen molar-refractivity contribution in [2.75, 3.05) is 24.5 Å². The highest BCUT2D eigenvalue weighted by Gasteiger charge is 2.21. The second-order valence-corrected chi connectivity index (χ2v) is 6.60. The molecule has 7 heteroatoms. The average Bonchev–Trinajstić information content (AvgIpc) is 2.99. The number of nitrogens with one attached hydrogen (secondary N) is 1. The average molecular weight is 371 g/mol. The van der Waals surface area contributed by atoms with Crippen LogP contribution >= 0.6 is 27.5 Å². The van der Waals surface area contributed by atoms with E-state index in [-0.39, 0.29) is 0 Å². The number of rotatable bonds is 3. The topological polar surface area (TPSA) is 70.8 Å². The largest absolute Gasteiger partial charge is 0.340 e. The Kier molecular flexibility index (Phi) is 4.47. The van der Waals surface area contributed by atoms with Crippen molar-refractivity contribution < 1.29 is 0 Å². The molecule has 1 aliphatic rings. The SMILES string of the molecule is NCC1CCN(c2n[nH]c(-c3cc(Br)ccc3Cl)n2)CC1. The van der Waals surface area contributed by atoms with Gasteiger partial charge in [0.25, 0.3) is 0 Å². The zero-order valence-electron chi connectivity index (χ0n) is 11.5. The van der Waals surface area contributed by atoms with Crippen LogP contribution in [-0.4, -0.2) is 34.8 Å². The van der Waals surface area contributed by atoms with Crippen molar-refractivity contribution in [1.82, 2.24) is 15.2 Å². The second kappa shape index (κ2) is 6.34. The number of aromatic nitrogens is 3. The molecule has 0 aliphatic carbocycles. The summed E-state index contributed by atoms with van der Waals surface area (Å²) in [7, 11) is 0.